The van der Waals surface area contributed by atoms with Crippen molar-refractivity contribution in [1.82, 2.24) is 4.90 Å². The van der Waals surface area contributed by atoms with E-state index in [-0.39, 0.29) is 5.82 Å². The maximum absolute atomic E-state index is 13.2. The summed E-state index contributed by atoms with van der Waals surface area (Å²) < 4.78 is 13.2. The Labute approximate surface area is 96.2 Å². The lowest BCUT2D eigenvalue weighted by molar-refractivity contribution is 0.268. The topological polar surface area (TPSA) is 29.3 Å². The third-order valence-electron chi connectivity index (χ3n) is 3.05. The van der Waals surface area contributed by atoms with Gasteiger partial charge in [-0.1, -0.05) is 6.92 Å². The minimum atomic E-state index is -0.238. The average molecular weight is 222 g/mol. The predicted molar refractivity (Wildman–Crippen MR) is 64.5 cm³/mol. The first-order chi connectivity index (χ1) is 7.67. The quantitative estimate of drug-likeness (QED) is 0.776. The number of hydrogen-bond donors (Lipinski definition) is 1. The lowest BCUT2D eigenvalue weighted by Crippen LogP contribution is -2.25. The summed E-state index contributed by atoms with van der Waals surface area (Å²) in [6.45, 7) is 5.08. The smallest absolute Gasteiger partial charge is 0.125 e. The number of benzene rings is 1. The van der Waals surface area contributed by atoms with Gasteiger partial charge in [0.15, 0.2) is 0 Å². The fourth-order valence-electron chi connectivity index (χ4n) is 2.00. The molecule has 2 rings (SSSR count). The first-order valence-corrected chi connectivity index (χ1v) is 5.94. The van der Waals surface area contributed by atoms with Gasteiger partial charge in [-0.2, -0.15) is 0 Å². The zero-order valence-electron chi connectivity index (χ0n) is 9.75. The highest BCUT2D eigenvalue weighted by molar-refractivity contribution is 5.41. The number of rotatable bonds is 5. The maximum atomic E-state index is 13.2. The monoisotopic (exact) mass is 222 g/mol. The first kappa shape index (κ1) is 11.4. The van der Waals surface area contributed by atoms with Gasteiger partial charge in [0.1, 0.15) is 5.82 Å². The number of nitrogen functional groups attached to an aromatic ring is 1. The highest BCUT2D eigenvalue weighted by Crippen LogP contribution is 2.30. The van der Waals surface area contributed by atoms with E-state index in [1.807, 2.05) is 6.07 Å². The molecule has 3 heteroatoms. The molecular weight excluding hydrogens is 203 g/mol. The minimum absolute atomic E-state index is 0.238. The van der Waals surface area contributed by atoms with Crippen LogP contribution in [0.4, 0.5) is 10.1 Å². The van der Waals surface area contributed by atoms with Crippen molar-refractivity contribution in [1.29, 1.82) is 0 Å². The van der Waals surface area contributed by atoms with Gasteiger partial charge in [0.25, 0.3) is 0 Å². The van der Waals surface area contributed by atoms with Crippen LogP contribution in [0.1, 0.15) is 25.3 Å². The Morgan fingerprint density at radius 1 is 1.38 bits per heavy atom. The van der Waals surface area contributed by atoms with Crippen molar-refractivity contribution in [2.75, 3.05) is 18.8 Å². The number of halogens is 1. The van der Waals surface area contributed by atoms with Crippen molar-refractivity contribution >= 4 is 5.69 Å². The van der Waals surface area contributed by atoms with Gasteiger partial charge >= 0.3 is 0 Å². The maximum Gasteiger partial charge on any atom is 0.125 e. The molecule has 0 saturated heterocycles. The summed E-state index contributed by atoms with van der Waals surface area (Å²) in [4.78, 5) is 2.35. The molecule has 0 radical (unpaired) electrons. The van der Waals surface area contributed by atoms with E-state index in [2.05, 4.69) is 11.8 Å². The number of hydrogen-bond acceptors (Lipinski definition) is 2. The molecule has 1 fully saturated rings. The Kier molecular flexibility index (Phi) is 3.44. The van der Waals surface area contributed by atoms with E-state index >= 15 is 0 Å². The molecule has 0 aliphatic heterocycles. The summed E-state index contributed by atoms with van der Waals surface area (Å²) in [5, 5.41) is 0. The van der Waals surface area contributed by atoms with E-state index < -0.39 is 0 Å². The Bertz CT molecular complexity index is 341. The van der Waals surface area contributed by atoms with Crippen LogP contribution < -0.4 is 5.73 Å². The highest BCUT2D eigenvalue weighted by Gasteiger charge is 2.23. The van der Waals surface area contributed by atoms with Gasteiger partial charge in [0, 0.05) is 18.8 Å². The van der Waals surface area contributed by atoms with E-state index in [1.165, 1.54) is 18.9 Å². The summed E-state index contributed by atoms with van der Waals surface area (Å²) in [6.07, 6.45) is 2.70. The van der Waals surface area contributed by atoms with Crippen molar-refractivity contribution in [3.05, 3.63) is 29.6 Å². The molecule has 0 aromatic heterocycles. The highest BCUT2D eigenvalue weighted by atomic mass is 19.1. The van der Waals surface area contributed by atoms with Crippen LogP contribution in [-0.4, -0.2) is 18.0 Å². The van der Waals surface area contributed by atoms with Gasteiger partial charge < -0.3 is 5.73 Å². The SMILES string of the molecule is CCN(Cc1cc(N)cc(F)c1)CC1CC1. The average Bonchev–Trinajstić information content (AvgIpc) is 2.99. The summed E-state index contributed by atoms with van der Waals surface area (Å²) in [6, 6.07) is 4.80. The second kappa shape index (κ2) is 4.83. The van der Waals surface area contributed by atoms with Gasteiger partial charge in [-0.15, -0.1) is 0 Å². The van der Waals surface area contributed by atoms with Crippen LogP contribution in [0, 0.1) is 11.7 Å². The van der Waals surface area contributed by atoms with Crippen molar-refractivity contribution in [2.24, 2.45) is 5.92 Å². The number of nitrogens with two attached hydrogens (primary N) is 1. The molecule has 0 heterocycles. The molecule has 1 saturated carbocycles. The standard InChI is InChI=1S/C13H19FN2/c1-2-16(8-10-3-4-10)9-11-5-12(14)7-13(15)6-11/h5-7,10H,2-4,8-9,15H2,1H3. The van der Waals surface area contributed by atoms with E-state index in [0.717, 1.165) is 31.1 Å². The zero-order valence-corrected chi connectivity index (χ0v) is 9.75. The van der Waals surface area contributed by atoms with Crippen molar-refractivity contribution < 1.29 is 4.39 Å². The van der Waals surface area contributed by atoms with Gasteiger partial charge in [0.05, 0.1) is 0 Å². The molecule has 2 nitrogen and oxygen atoms in total. The predicted octanol–water partition coefficient (Wildman–Crippen LogP) is 2.64. The second-order valence-corrected chi connectivity index (χ2v) is 4.66. The molecule has 0 bridgehead atoms. The molecule has 1 aliphatic carbocycles. The Morgan fingerprint density at radius 2 is 2.12 bits per heavy atom. The Morgan fingerprint density at radius 3 is 2.69 bits per heavy atom. The lowest BCUT2D eigenvalue weighted by atomic mass is 10.1. The second-order valence-electron chi connectivity index (χ2n) is 4.66. The Balaban J connectivity index is 1.99. The van der Waals surface area contributed by atoms with Gasteiger partial charge in [-0.3, -0.25) is 4.90 Å². The van der Waals surface area contributed by atoms with Gasteiger partial charge in [-0.25, -0.2) is 4.39 Å². The summed E-state index contributed by atoms with van der Waals surface area (Å²) in [5.74, 6) is 0.628. The summed E-state index contributed by atoms with van der Waals surface area (Å²) in [7, 11) is 0. The summed E-state index contributed by atoms with van der Waals surface area (Å²) >= 11 is 0. The van der Waals surface area contributed by atoms with Crippen molar-refractivity contribution in [3.8, 4) is 0 Å². The van der Waals surface area contributed by atoms with Crippen LogP contribution in [-0.2, 0) is 6.54 Å². The molecule has 88 valence electrons. The van der Waals surface area contributed by atoms with Gasteiger partial charge in [0.2, 0.25) is 0 Å². The van der Waals surface area contributed by atoms with Crippen LogP contribution in [0.15, 0.2) is 18.2 Å². The summed E-state index contributed by atoms with van der Waals surface area (Å²) in [5.41, 5.74) is 7.12. The minimum Gasteiger partial charge on any atom is -0.399 e. The van der Waals surface area contributed by atoms with Crippen LogP contribution in [0.2, 0.25) is 0 Å². The van der Waals surface area contributed by atoms with Crippen LogP contribution in [0.5, 0.6) is 0 Å². The molecule has 1 aliphatic rings. The number of anilines is 1. The molecule has 1 aromatic rings. The fraction of sp³-hybridized carbons (Fsp3) is 0.538. The number of nitrogens with zero attached hydrogens (tertiary/aromatic N) is 1. The molecule has 1 aromatic carbocycles. The molecule has 16 heavy (non-hydrogen) atoms. The molecule has 0 atom stereocenters. The largest absolute Gasteiger partial charge is 0.399 e. The molecular formula is C13H19FN2. The van der Waals surface area contributed by atoms with Crippen LogP contribution >= 0.6 is 0 Å². The lowest BCUT2D eigenvalue weighted by Gasteiger charge is -2.20. The molecule has 0 spiro atoms. The normalized spacial score (nSPS) is 15.7. The van der Waals surface area contributed by atoms with Crippen molar-refractivity contribution in [3.63, 3.8) is 0 Å². The zero-order chi connectivity index (χ0) is 11.5. The van der Waals surface area contributed by atoms with E-state index in [0.29, 0.717) is 5.69 Å². The molecule has 2 N–H and O–H groups in total. The van der Waals surface area contributed by atoms with E-state index in [4.69, 9.17) is 5.73 Å². The Hall–Kier alpha value is -1.09. The van der Waals surface area contributed by atoms with Crippen LogP contribution in [0.3, 0.4) is 0 Å². The molecule has 0 amide bonds. The van der Waals surface area contributed by atoms with Gasteiger partial charge in [-0.05, 0) is 49.1 Å². The van der Waals surface area contributed by atoms with Crippen molar-refractivity contribution in [2.45, 2.75) is 26.3 Å². The third-order valence-corrected chi connectivity index (χ3v) is 3.05. The fourth-order valence-corrected chi connectivity index (χ4v) is 2.00. The van der Waals surface area contributed by atoms with Crippen LogP contribution in [0.25, 0.3) is 0 Å². The first-order valence-electron chi connectivity index (χ1n) is 5.94. The van der Waals surface area contributed by atoms with E-state index in [1.54, 1.807) is 6.07 Å². The third kappa shape index (κ3) is 3.20. The van der Waals surface area contributed by atoms with E-state index in [9.17, 15) is 4.39 Å². The molecule has 0 unspecified atom stereocenters.